The Bertz CT molecular complexity index is 1680. The molecule has 0 amide bonds. The molecule has 1 spiro atoms. The molecule has 4 aliphatic heterocycles. The van der Waals surface area contributed by atoms with Crippen LogP contribution in [0.4, 0.5) is 0 Å². The number of rotatable bonds is 9. The summed E-state index contributed by atoms with van der Waals surface area (Å²) in [6.07, 6.45) is -6.15. The van der Waals surface area contributed by atoms with Crippen molar-refractivity contribution in [2.75, 3.05) is 13.2 Å². The monoisotopic (exact) mass is 862 g/mol. The van der Waals surface area contributed by atoms with E-state index in [-0.39, 0.29) is 36.4 Å². The minimum atomic E-state index is -1.73. The van der Waals surface area contributed by atoms with Crippen LogP contribution >= 0.6 is 0 Å². The molecular formula is C46H70O15. The molecule has 8 rings (SSSR count). The van der Waals surface area contributed by atoms with Crippen molar-refractivity contribution in [2.24, 2.45) is 46.3 Å². The van der Waals surface area contributed by atoms with Crippen molar-refractivity contribution in [3.63, 3.8) is 0 Å². The largest absolute Gasteiger partial charge is 0.455 e. The summed E-state index contributed by atoms with van der Waals surface area (Å²) >= 11 is 0. The molecule has 344 valence electrons. The number of carbonyl (C=O) groups excluding carboxylic acids is 2. The number of hydrogen-bond donors (Lipinski definition) is 5. The molecule has 3 saturated carbocycles. The van der Waals surface area contributed by atoms with Gasteiger partial charge in [0.1, 0.15) is 18.3 Å². The van der Waals surface area contributed by atoms with Crippen molar-refractivity contribution in [3.05, 3.63) is 23.8 Å². The fourth-order valence-corrected chi connectivity index (χ4v) is 13.3. The van der Waals surface area contributed by atoms with Gasteiger partial charge in [0.25, 0.3) is 0 Å². The molecule has 0 aromatic carbocycles. The molecule has 0 aromatic rings. The van der Waals surface area contributed by atoms with Gasteiger partial charge in [-0.15, -0.1) is 0 Å². The number of esters is 2. The van der Waals surface area contributed by atoms with Crippen molar-refractivity contribution in [1.29, 1.82) is 0 Å². The third-order valence-corrected chi connectivity index (χ3v) is 16.9. The number of carbonyl (C=O) groups is 2. The molecular weight excluding hydrogens is 792 g/mol. The lowest BCUT2D eigenvalue weighted by Gasteiger charge is -2.60. The number of allylic oxidation sites excluding steroid dienone is 1. The van der Waals surface area contributed by atoms with E-state index in [2.05, 4.69) is 33.4 Å². The lowest BCUT2D eigenvalue weighted by atomic mass is 9.46. The van der Waals surface area contributed by atoms with E-state index in [4.69, 9.17) is 37.9 Å². The Hall–Kier alpha value is -2.02. The van der Waals surface area contributed by atoms with Crippen molar-refractivity contribution < 1.29 is 73.0 Å². The van der Waals surface area contributed by atoms with Crippen LogP contribution in [0.25, 0.3) is 0 Å². The quantitative estimate of drug-likeness (QED) is 0.166. The van der Waals surface area contributed by atoms with Crippen LogP contribution in [-0.2, 0) is 47.5 Å². The van der Waals surface area contributed by atoms with E-state index in [1.807, 2.05) is 6.92 Å². The van der Waals surface area contributed by atoms with Gasteiger partial charge < -0.3 is 63.4 Å². The molecule has 61 heavy (non-hydrogen) atoms. The van der Waals surface area contributed by atoms with E-state index >= 15 is 0 Å². The van der Waals surface area contributed by atoms with Gasteiger partial charge in [-0.2, -0.15) is 0 Å². The van der Waals surface area contributed by atoms with Crippen LogP contribution in [0.1, 0.15) is 106 Å². The number of aliphatic hydroxyl groups excluding tert-OH is 5. The Labute approximate surface area is 359 Å². The van der Waals surface area contributed by atoms with Crippen molar-refractivity contribution >= 4 is 11.9 Å². The molecule has 4 aliphatic carbocycles. The van der Waals surface area contributed by atoms with E-state index < -0.39 is 103 Å². The smallest absolute Gasteiger partial charge is 0.335 e. The summed E-state index contributed by atoms with van der Waals surface area (Å²) in [6.45, 7) is 17.7. The Balaban J connectivity index is 1.08. The van der Waals surface area contributed by atoms with E-state index in [0.717, 1.165) is 49.7 Å². The Morgan fingerprint density at radius 2 is 1.74 bits per heavy atom. The van der Waals surface area contributed by atoms with Gasteiger partial charge in [-0.3, -0.25) is 4.79 Å². The summed E-state index contributed by atoms with van der Waals surface area (Å²) in [5.74, 6) is -1.12. The minimum Gasteiger partial charge on any atom is -0.455 e. The first kappa shape index (κ1) is 45.5. The standard InChI is InChI=1S/C46H70O15/c1-9-22(3)35(49)41(53)58-32-20-54-43(40(39(32)57-25(6)47)60-42-38(52)37(51)36(50)24(5)56-42)59-33-17-27(48)16-26-10-11-28-29(45(26,33)8)13-14-44(7)30(28)18-31-34(44)23(4)46(61-31)15-12-21(2)19-55-46/h10,22-24,27-40,42-43,48-52H,2,9,11-20H2,1,3-8H3/t22-,23?,24-,27+,28+,29-,30-,31?,32-,33+,34?,35-,36-,37+,38+,39-,40+,42-,43-,44-,45-,46+/m0/s1. The second-order valence-corrected chi connectivity index (χ2v) is 20.3. The predicted octanol–water partition coefficient (Wildman–Crippen LogP) is 3.45. The van der Waals surface area contributed by atoms with Crippen LogP contribution in [0.15, 0.2) is 23.8 Å². The summed E-state index contributed by atoms with van der Waals surface area (Å²) in [5.41, 5.74) is 1.76. The fourth-order valence-electron chi connectivity index (χ4n) is 13.3. The SMILES string of the molecule is C=C1CC[C@@]2(OC1)OC1C[C@H]3[C@@H]4CC=C5C[C@@H](O)C[C@@H](O[C@@H]6OC[C@H](OC(=O)[C@@H](O)[C@@H](C)CC)[C@H](OC(C)=O)[C@H]6O[C@@H]6O[C@@H](C)[C@H](O)[C@@H](O)[C@H]6O)[C@]5(C)[C@H]4CC[C@]3(C)C1C2C. The molecule has 0 bridgehead atoms. The van der Waals surface area contributed by atoms with Gasteiger partial charge in [-0.05, 0) is 80.5 Å². The number of fused-ring (bicyclic) bond motifs is 7. The molecule has 5 N–H and O–H groups in total. The lowest BCUT2D eigenvalue weighted by Crippen LogP contribution is -2.64. The van der Waals surface area contributed by atoms with E-state index in [0.29, 0.717) is 37.2 Å². The fraction of sp³-hybridized carbons (Fsp3) is 0.870. The maximum atomic E-state index is 13.2. The number of aliphatic hydroxyl groups is 5. The van der Waals surface area contributed by atoms with Crippen LogP contribution in [0.2, 0.25) is 0 Å². The summed E-state index contributed by atoms with van der Waals surface area (Å²) in [7, 11) is 0. The van der Waals surface area contributed by atoms with Gasteiger partial charge in [0, 0.05) is 31.1 Å². The third kappa shape index (κ3) is 7.76. The molecule has 8 aliphatic rings. The number of hydrogen-bond acceptors (Lipinski definition) is 15. The van der Waals surface area contributed by atoms with Gasteiger partial charge in [-0.1, -0.05) is 64.8 Å². The molecule has 4 heterocycles. The maximum absolute atomic E-state index is 13.2. The molecule has 22 atom stereocenters. The highest BCUT2D eigenvalue weighted by molar-refractivity contribution is 5.75. The summed E-state index contributed by atoms with van der Waals surface area (Å²) in [6, 6.07) is 0. The first-order valence-electron chi connectivity index (χ1n) is 22.9. The molecule has 7 fully saturated rings. The second kappa shape index (κ2) is 17.1. The average molecular weight is 863 g/mol. The van der Waals surface area contributed by atoms with Gasteiger partial charge >= 0.3 is 11.9 Å². The van der Waals surface area contributed by atoms with Crippen molar-refractivity contribution in [2.45, 2.75) is 192 Å². The average Bonchev–Trinajstić information content (AvgIpc) is 3.67. The first-order valence-corrected chi connectivity index (χ1v) is 22.9. The first-order chi connectivity index (χ1) is 28.8. The topological polar surface area (TPSA) is 209 Å². The zero-order chi connectivity index (χ0) is 43.9. The van der Waals surface area contributed by atoms with Gasteiger partial charge in [0.2, 0.25) is 0 Å². The normalized spacial score (nSPS) is 50.4. The van der Waals surface area contributed by atoms with Gasteiger partial charge in [0.15, 0.2) is 42.8 Å². The minimum absolute atomic E-state index is 0.0481. The Morgan fingerprint density at radius 1 is 0.984 bits per heavy atom. The molecule has 4 saturated heterocycles. The third-order valence-electron chi connectivity index (χ3n) is 16.9. The maximum Gasteiger partial charge on any atom is 0.335 e. The van der Waals surface area contributed by atoms with E-state index in [9.17, 15) is 35.1 Å². The molecule has 15 heteroatoms. The van der Waals surface area contributed by atoms with Crippen molar-refractivity contribution in [3.8, 4) is 0 Å². The highest BCUT2D eigenvalue weighted by Crippen LogP contribution is 2.71. The van der Waals surface area contributed by atoms with Crippen LogP contribution in [0.5, 0.6) is 0 Å². The summed E-state index contributed by atoms with van der Waals surface area (Å²) in [4.78, 5) is 26.0. The predicted molar refractivity (Wildman–Crippen MR) is 216 cm³/mol. The van der Waals surface area contributed by atoms with Crippen LogP contribution < -0.4 is 0 Å². The summed E-state index contributed by atoms with van der Waals surface area (Å²) < 4.78 is 50.7. The van der Waals surface area contributed by atoms with Crippen LogP contribution in [0.3, 0.4) is 0 Å². The highest BCUT2D eigenvalue weighted by atomic mass is 16.8. The Morgan fingerprint density at radius 3 is 2.43 bits per heavy atom. The Kier molecular flexibility index (Phi) is 12.8. The van der Waals surface area contributed by atoms with Gasteiger partial charge in [0.05, 0.1) is 37.6 Å². The zero-order valence-corrected chi connectivity index (χ0v) is 36.9. The summed E-state index contributed by atoms with van der Waals surface area (Å²) in [5, 5.41) is 54.4. The van der Waals surface area contributed by atoms with Crippen molar-refractivity contribution in [1.82, 2.24) is 0 Å². The van der Waals surface area contributed by atoms with E-state index in [1.54, 1.807) is 6.92 Å². The molecule has 3 unspecified atom stereocenters. The lowest BCUT2D eigenvalue weighted by molar-refractivity contribution is -0.363. The van der Waals surface area contributed by atoms with E-state index in [1.165, 1.54) is 13.8 Å². The molecule has 0 radical (unpaired) electrons. The zero-order valence-electron chi connectivity index (χ0n) is 36.9. The second-order valence-electron chi connectivity index (χ2n) is 20.3. The highest BCUT2D eigenvalue weighted by Gasteiger charge is 2.69. The van der Waals surface area contributed by atoms with Crippen LogP contribution in [0, 0.1) is 46.3 Å². The van der Waals surface area contributed by atoms with Crippen LogP contribution in [-0.4, -0.2) is 136 Å². The number of ether oxygens (including phenoxy) is 8. The molecule has 0 aromatic heterocycles. The molecule has 15 nitrogen and oxygen atoms in total. The van der Waals surface area contributed by atoms with Gasteiger partial charge in [-0.25, -0.2) is 4.79 Å².